The second kappa shape index (κ2) is 6.30. The van der Waals surface area contributed by atoms with E-state index in [0.717, 1.165) is 5.92 Å². The van der Waals surface area contributed by atoms with Crippen LogP contribution in [0.5, 0.6) is 0 Å². The van der Waals surface area contributed by atoms with Crippen LogP contribution in [0.1, 0.15) is 75.1 Å². The summed E-state index contributed by atoms with van der Waals surface area (Å²) in [6.45, 7) is 4.71. The van der Waals surface area contributed by atoms with Gasteiger partial charge in [-0.15, -0.1) is 0 Å². The number of fused-ring (bicyclic) bond motifs is 1. The summed E-state index contributed by atoms with van der Waals surface area (Å²) in [4.78, 5) is 0. The van der Waals surface area contributed by atoms with E-state index in [4.69, 9.17) is 0 Å². The van der Waals surface area contributed by atoms with Crippen molar-refractivity contribution in [2.45, 2.75) is 77.3 Å². The average molecular weight is 271 g/mol. The van der Waals surface area contributed by atoms with Crippen molar-refractivity contribution < 1.29 is 0 Å². The molecular formula is C19H29N. The third-order valence-corrected chi connectivity index (χ3v) is 5.49. The summed E-state index contributed by atoms with van der Waals surface area (Å²) in [5.41, 5.74) is 4.68. The molecule has 0 heterocycles. The van der Waals surface area contributed by atoms with Crippen LogP contribution >= 0.6 is 0 Å². The average Bonchev–Trinajstić information content (AvgIpc) is 3.01. The Bertz CT molecular complexity index is 445. The highest BCUT2D eigenvalue weighted by atomic mass is 14.9. The van der Waals surface area contributed by atoms with Gasteiger partial charge < -0.3 is 5.32 Å². The summed E-state index contributed by atoms with van der Waals surface area (Å²) in [6.07, 6.45) is 11.0. The molecular weight excluding hydrogens is 242 g/mol. The van der Waals surface area contributed by atoms with E-state index in [2.05, 4.69) is 37.4 Å². The van der Waals surface area contributed by atoms with Crippen LogP contribution in [0.3, 0.4) is 0 Å². The number of hydrogen-bond donors (Lipinski definition) is 1. The fraction of sp³-hybridized carbons (Fsp3) is 0.684. The Hall–Kier alpha value is -0.820. The molecule has 2 atom stereocenters. The molecule has 2 aliphatic rings. The van der Waals surface area contributed by atoms with Gasteiger partial charge in [-0.1, -0.05) is 31.0 Å². The lowest BCUT2D eigenvalue weighted by Gasteiger charge is -2.26. The minimum absolute atomic E-state index is 0.484. The predicted octanol–water partition coefficient (Wildman–Crippen LogP) is 4.79. The molecule has 1 saturated carbocycles. The number of hydrogen-bond acceptors (Lipinski definition) is 1. The van der Waals surface area contributed by atoms with E-state index in [1.165, 1.54) is 56.9 Å². The monoisotopic (exact) mass is 271 g/mol. The fourth-order valence-corrected chi connectivity index (χ4v) is 4.11. The fourth-order valence-electron chi connectivity index (χ4n) is 4.11. The van der Waals surface area contributed by atoms with Crippen molar-refractivity contribution in [3.63, 3.8) is 0 Å². The molecule has 0 bridgehead atoms. The number of benzene rings is 1. The second-order valence-electron chi connectivity index (χ2n) is 6.96. The maximum absolute atomic E-state index is 3.84. The van der Waals surface area contributed by atoms with E-state index in [0.29, 0.717) is 12.1 Å². The summed E-state index contributed by atoms with van der Waals surface area (Å²) >= 11 is 0. The lowest BCUT2D eigenvalue weighted by molar-refractivity contribution is 0.352. The van der Waals surface area contributed by atoms with Gasteiger partial charge in [0.2, 0.25) is 0 Å². The molecule has 20 heavy (non-hydrogen) atoms. The van der Waals surface area contributed by atoms with Crippen molar-refractivity contribution in [2.75, 3.05) is 0 Å². The number of nitrogens with one attached hydrogen (secondary N) is 1. The Morgan fingerprint density at radius 2 is 1.65 bits per heavy atom. The highest BCUT2D eigenvalue weighted by Crippen LogP contribution is 2.29. The molecule has 0 aromatic heterocycles. The Morgan fingerprint density at radius 3 is 2.40 bits per heavy atom. The zero-order chi connectivity index (χ0) is 13.9. The third-order valence-electron chi connectivity index (χ3n) is 5.49. The first-order valence-electron chi connectivity index (χ1n) is 8.62. The van der Waals surface area contributed by atoms with Crippen molar-refractivity contribution in [1.82, 2.24) is 5.32 Å². The maximum Gasteiger partial charge on any atom is 0.0294 e. The molecule has 110 valence electrons. The molecule has 1 fully saturated rings. The second-order valence-corrected chi connectivity index (χ2v) is 6.96. The summed E-state index contributed by atoms with van der Waals surface area (Å²) in [6, 6.07) is 8.33. The molecule has 1 heteroatoms. The number of rotatable bonds is 4. The Balaban J connectivity index is 1.65. The van der Waals surface area contributed by atoms with Gasteiger partial charge in [-0.3, -0.25) is 0 Å². The first kappa shape index (κ1) is 14.1. The summed E-state index contributed by atoms with van der Waals surface area (Å²) in [7, 11) is 0. The van der Waals surface area contributed by atoms with Crippen molar-refractivity contribution in [1.29, 1.82) is 0 Å². The minimum Gasteiger partial charge on any atom is -0.307 e. The van der Waals surface area contributed by atoms with E-state index in [9.17, 15) is 0 Å². The molecule has 3 rings (SSSR count). The number of aryl methyl sites for hydroxylation is 2. The summed E-state index contributed by atoms with van der Waals surface area (Å²) in [5.74, 6) is 0.898. The molecule has 0 saturated heterocycles. The molecule has 0 radical (unpaired) electrons. The quantitative estimate of drug-likeness (QED) is 0.830. The van der Waals surface area contributed by atoms with Crippen LogP contribution in [0, 0.1) is 5.92 Å². The predicted molar refractivity (Wildman–Crippen MR) is 86.1 cm³/mol. The molecule has 1 nitrogen and oxygen atoms in total. The standard InChI is InChI=1S/C19H29N/c1-14(16-7-3-4-8-16)20-15(2)18-12-11-17-9-5-6-10-19(17)13-18/h11-16,20H,3-10H2,1-2H3/t14-,15?/m0/s1. The molecule has 0 aliphatic heterocycles. The van der Waals surface area contributed by atoms with Crippen LogP contribution in [-0.4, -0.2) is 6.04 Å². The van der Waals surface area contributed by atoms with Gasteiger partial charge >= 0.3 is 0 Å². The zero-order valence-corrected chi connectivity index (χ0v) is 13.1. The molecule has 1 unspecified atom stereocenters. The van der Waals surface area contributed by atoms with Crippen LogP contribution in [0.15, 0.2) is 18.2 Å². The molecule has 2 aliphatic carbocycles. The van der Waals surface area contributed by atoms with Gasteiger partial charge in [0.05, 0.1) is 0 Å². The largest absolute Gasteiger partial charge is 0.307 e. The van der Waals surface area contributed by atoms with E-state index in [1.807, 2.05) is 0 Å². The van der Waals surface area contributed by atoms with Gasteiger partial charge in [-0.2, -0.15) is 0 Å². The normalized spacial score (nSPS) is 22.5. The first-order chi connectivity index (χ1) is 9.74. The van der Waals surface area contributed by atoms with Crippen molar-refractivity contribution in [3.8, 4) is 0 Å². The Labute approximate surface area is 124 Å². The van der Waals surface area contributed by atoms with Crippen LogP contribution in [0.4, 0.5) is 0 Å². The van der Waals surface area contributed by atoms with Crippen LogP contribution in [-0.2, 0) is 12.8 Å². The maximum atomic E-state index is 3.84. The lowest BCUT2D eigenvalue weighted by atomic mass is 9.89. The van der Waals surface area contributed by atoms with Gasteiger partial charge in [0, 0.05) is 12.1 Å². The first-order valence-corrected chi connectivity index (χ1v) is 8.62. The van der Waals surface area contributed by atoms with Gasteiger partial charge in [0.15, 0.2) is 0 Å². The van der Waals surface area contributed by atoms with Crippen LogP contribution in [0.2, 0.25) is 0 Å². The minimum atomic E-state index is 0.484. The van der Waals surface area contributed by atoms with Gasteiger partial charge in [-0.05, 0) is 75.0 Å². The Morgan fingerprint density at radius 1 is 0.950 bits per heavy atom. The van der Waals surface area contributed by atoms with Crippen molar-refractivity contribution in [3.05, 3.63) is 34.9 Å². The van der Waals surface area contributed by atoms with E-state index in [1.54, 1.807) is 11.1 Å². The Kier molecular flexibility index (Phi) is 4.45. The molecule has 0 spiro atoms. The van der Waals surface area contributed by atoms with E-state index < -0.39 is 0 Å². The van der Waals surface area contributed by atoms with Crippen LogP contribution < -0.4 is 5.32 Å². The van der Waals surface area contributed by atoms with E-state index >= 15 is 0 Å². The smallest absolute Gasteiger partial charge is 0.0294 e. The molecule has 1 N–H and O–H groups in total. The van der Waals surface area contributed by atoms with Crippen molar-refractivity contribution in [2.24, 2.45) is 5.92 Å². The third kappa shape index (κ3) is 3.09. The van der Waals surface area contributed by atoms with Gasteiger partial charge in [-0.25, -0.2) is 0 Å². The van der Waals surface area contributed by atoms with Gasteiger partial charge in [0.1, 0.15) is 0 Å². The topological polar surface area (TPSA) is 12.0 Å². The SMILES string of the molecule is CC(N[C@@H](C)C1CCCC1)c1ccc2c(c1)CCCC2. The summed E-state index contributed by atoms with van der Waals surface area (Å²) in [5, 5.41) is 3.84. The highest BCUT2D eigenvalue weighted by Gasteiger charge is 2.23. The molecule has 0 amide bonds. The van der Waals surface area contributed by atoms with Crippen LogP contribution in [0.25, 0.3) is 0 Å². The zero-order valence-electron chi connectivity index (χ0n) is 13.1. The highest BCUT2D eigenvalue weighted by molar-refractivity contribution is 5.35. The van der Waals surface area contributed by atoms with Gasteiger partial charge in [0.25, 0.3) is 0 Å². The molecule has 1 aromatic rings. The summed E-state index contributed by atoms with van der Waals surface area (Å²) < 4.78 is 0. The van der Waals surface area contributed by atoms with E-state index in [-0.39, 0.29) is 0 Å². The molecule has 1 aromatic carbocycles. The lowest BCUT2D eigenvalue weighted by Crippen LogP contribution is -2.34. The van der Waals surface area contributed by atoms with Crippen molar-refractivity contribution >= 4 is 0 Å².